The number of rotatable bonds is 2. The van der Waals surface area contributed by atoms with Crippen molar-refractivity contribution in [1.82, 2.24) is 0 Å². The van der Waals surface area contributed by atoms with E-state index in [0.717, 1.165) is 37.8 Å². The van der Waals surface area contributed by atoms with Gasteiger partial charge in [0.1, 0.15) is 6.10 Å². The summed E-state index contributed by atoms with van der Waals surface area (Å²) in [6, 6.07) is 9.38. The third-order valence-electron chi connectivity index (χ3n) is 3.77. The smallest absolute Gasteiger partial charge is 0.411 e. The van der Waals surface area contributed by atoms with Crippen molar-refractivity contribution >= 4 is 11.8 Å². The van der Waals surface area contributed by atoms with E-state index in [9.17, 15) is 4.79 Å². The minimum absolute atomic E-state index is 0.0221. The number of carbonyl (C=O) groups excluding carboxylic acids is 1. The summed E-state index contributed by atoms with van der Waals surface area (Å²) in [7, 11) is 0. The molecule has 1 saturated heterocycles. The van der Waals surface area contributed by atoms with Crippen LogP contribution in [0, 0.1) is 0 Å². The predicted molar refractivity (Wildman–Crippen MR) is 72.1 cm³/mol. The van der Waals surface area contributed by atoms with Crippen molar-refractivity contribution < 1.29 is 14.3 Å². The summed E-state index contributed by atoms with van der Waals surface area (Å²) in [5.74, 6) is 0. The van der Waals surface area contributed by atoms with E-state index in [1.165, 1.54) is 0 Å². The Bertz CT molecular complexity index is 434. The first-order chi connectivity index (χ1) is 9.31. The Morgan fingerprint density at radius 3 is 2.74 bits per heavy atom. The van der Waals surface area contributed by atoms with Gasteiger partial charge in [-0.05, 0) is 44.2 Å². The zero-order chi connectivity index (χ0) is 13.1. The maximum atomic E-state index is 11.8. The molecule has 1 N–H and O–H groups in total. The fourth-order valence-electron chi connectivity index (χ4n) is 2.67. The molecule has 3 atom stereocenters. The second-order valence-electron chi connectivity index (χ2n) is 5.24. The Morgan fingerprint density at radius 1 is 1.11 bits per heavy atom. The molecule has 2 aliphatic rings. The van der Waals surface area contributed by atoms with E-state index in [2.05, 4.69) is 5.32 Å². The first-order valence-corrected chi connectivity index (χ1v) is 6.99. The Hall–Kier alpha value is -1.55. The van der Waals surface area contributed by atoms with Crippen LogP contribution < -0.4 is 5.32 Å². The van der Waals surface area contributed by atoms with Crippen LogP contribution in [0.5, 0.6) is 0 Å². The number of fused-ring (bicyclic) bond motifs is 1. The first kappa shape index (κ1) is 12.5. The van der Waals surface area contributed by atoms with Gasteiger partial charge >= 0.3 is 6.09 Å². The van der Waals surface area contributed by atoms with Crippen LogP contribution in [0.25, 0.3) is 0 Å². The molecule has 3 rings (SSSR count). The lowest BCUT2D eigenvalue weighted by molar-refractivity contribution is 0.0946. The average Bonchev–Trinajstić information content (AvgIpc) is 3.12. The minimum Gasteiger partial charge on any atom is -0.446 e. The maximum absolute atomic E-state index is 11.8. The average molecular weight is 261 g/mol. The number of hydrogen-bond acceptors (Lipinski definition) is 3. The molecule has 1 aromatic rings. The van der Waals surface area contributed by atoms with Crippen molar-refractivity contribution in [3.8, 4) is 0 Å². The zero-order valence-electron chi connectivity index (χ0n) is 10.9. The molecule has 1 amide bonds. The fourth-order valence-corrected chi connectivity index (χ4v) is 2.67. The molecule has 19 heavy (non-hydrogen) atoms. The van der Waals surface area contributed by atoms with Gasteiger partial charge < -0.3 is 9.47 Å². The summed E-state index contributed by atoms with van der Waals surface area (Å²) in [5.41, 5.74) is 0.768. The molecule has 0 radical (unpaired) electrons. The molecular weight excluding hydrogens is 242 g/mol. The topological polar surface area (TPSA) is 50.9 Å². The second-order valence-corrected chi connectivity index (χ2v) is 5.24. The van der Waals surface area contributed by atoms with Crippen molar-refractivity contribution in [2.24, 2.45) is 0 Å². The number of benzene rings is 1. The molecule has 4 nitrogen and oxygen atoms in total. The standard InChI is InChI=1S/C15H19NO3/c17-15(16-11-5-2-1-3-6-11)18-12-7-4-8-13-14(19-13)10-9-12/h1-3,5-6,12-14H,4,7-10H2,(H,16,17)/t12-,13-,14-/m1/s1. The number of hydrogen-bond donors (Lipinski definition) is 1. The molecular formula is C15H19NO3. The van der Waals surface area contributed by atoms with Gasteiger partial charge in [-0.2, -0.15) is 0 Å². The molecule has 0 aromatic heterocycles. The summed E-state index contributed by atoms with van der Waals surface area (Å²) < 4.78 is 11.0. The number of amides is 1. The van der Waals surface area contributed by atoms with Crippen molar-refractivity contribution in [1.29, 1.82) is 0 Å². The van der Waals surface area contributed by atoms with Gasteiger partial charge in [-0.25, -0.2) is 4.79 Å². The normalized spacial score (nSPS) is 29.6. The van der Waals surface area contributed by atoms with Crippen LogP contribution >= 0.6 is 0 Å². The minimum atomic E-state index is -0.356. The van der Waals surface area contributed by atoms with Crippen molar-refractivity contribution in [3.05, 3.63) is 30.3 Å². The monoisotopic (exact) mass is 261 g/mol. The van der Waals surface area contributed by atoms with Gasteiger partial charge in [0, 0.05) is 5.69 Å². The van der Waals surface area contributed by atoms with Crippen LogP contribution in [-0.2, 0) is 9.47 Å². The number of nitrogens with one attached hydrogen (secondary N) is 1. The molecule has 0 spiro atoms. The Kier molecular flexibility index (Phi) is 3.69. The Labute approximate surface area is 113 Å². The highest BCUT2D eigenvalue weighted by Gasteiger charge is 2.39. The number of ether oxygens (including phenoxy) is 2. The molecule has 0 unspecified atom stereocenters. The van der Waals surface area contributed by atoms with Crippen molar-refractivity contribution in [3.63, 3.8) is 0 Å². The van der Waals surface area contributed by atoms with Gasteiger partial charge in [-0.3, -0.25) is 5.32 Å². The maximum Gasteiger partial charge on any atom is 0.411 e. The highest BCUT2D eigenvalue weighted by Crippen LogP contribution is 2.34. The molecule has 0 bridgehead atoms. The van der Waals surface area contributed by atoms with Crippen LogP contribution in [0.2, 0.25) is 0 Å². The Balaban J connectivity index is 1.48. The molecule has 1 heterocycles. The lowest BCUT2D eigenvalue weighted by Crippen LogP contribution is -2.24. The van der Waals surface area contributed by atoms with E-state index in [4.69, 9.17) is 9.47 Å². The van der Waals surface area contributed by atoms with Crippen LogP contribution in [0.15, 0.2) is 30.3 Å². The number of carbonyl (C=O) groups is 1. The van der Waals surface area contributed by atoms with E-state index in [1.54, 1.807) is 0 Å². The molecule has 2 fully saturated rings. The number of anilines is 1. The summed E-state index contributed by atoms with van der Waals surface area (Å²) >= 11 is 0. The predicted octanol–water partition coefficient (Wildman–Crippen LogP) is 3.34. The number of epoxide rings is 1. The first-order valence-electron chi connectivity index (χ1n) is 6.99. The third kappa shape index (κ3) is 3.47. The lowest BCUT2D eigenvalue weighted by Gasteiger charge is -2.19. The van der Waals surface area contributed by atoms with Crippen LogP contribution in [0.3, 0.4) is 0 Å². The fraction of sp³-hybridized carbons (Fsp3) is 0.533. The van der Waals surface area contributed by atoms with E-state index in [0.29, 0.717) is 12.2 Å². The van der Waals surface area contributed by atoms with E-state index in [-0.39, 0.29) is 12.2 Å². The summed E-state index contributed by atoms with van der Waals surface area (Å²) in [4.78, 5) is 11.8. The van der Waals surface area contributed by atoms with Gasteiger partial charge in [0.15, 0.2) is 0 Å². The molecule has 1 aromatic carbocycles. The molecule has 102 valence electrons. The second kappa shape index (κ2) is 5.61. The molecule has 1 aliphatic carbocycles. The molecule has 1 saturated carbocycles. The van der Waals surface area contributed by atoms with Crippen LogP contribution in [-0.4, -0.2) is 24.4 Å². The SMILES string of the molecule is O=C(Nc1ccccc1)O[C@@H]1CCC[C@H]2O[C@@H]2CC1. The van der Waals surface area contributed by atoms with Gasteiger partial charge in [-0.1, -0.05) is 18.2 Å². The highest BCUT2D eigenvalue weighted by molar-refractivity contribution is 5.84. The van der Waals surface area contributed by atoms with Gasteiger partial charge in [-0.15, -0.1) is 0 Å². The molecule has 4 heteroatoms. The van der Waals surface area contributed by atoms with Crippen molar-refractivity contribution in [2.45, 2.75) is 50.4 Å². The van der Waals surface area contributed by atoms with Crippen LogP contribution in [0.1, 0.15) is 32.1 Å². The Morgan fingerprint density at radius 2 is 1.89 bits per heavy atom. The highest BCUT2D eigenvalue weighted by atomic mass is 16.6. The third-order valence-corrected chi connectivity index (χ3v) is 3.77. The summed E-state index contributed by atoms with van der Waals surface area (Å²) in [6.45, 7) is 0. The lowest BCUT2D eigenvalue weighted by atomic mass is 9.99. The van der Waals surface area contributed by atoms with Crippen molar-refractivity contribution in [2.75, 3.05) is 5.32 Å². The summed E-state index contributed by atoms with van der Waals surface area (Å²) in [6.07, 6.45) is 5.60. The van der Waals surface area contributed by atoms with Crippen LogP contribution in [0.4, 0.5) is 10.5 Å². The van der Waals surface area contributed by atoms with E-state index in [1.807, 2.05) is 30.3 Å². The molecule has 1 aliphatic heterocycles. The quantitative estimate of drug-likeness (QED) is 0.831. The van der Waals surface area contributed by atoms with E-state index >= 15 is 0 Å². The zero-order valence-corrected chi connectivity index (χ0v) is 10.9. The summed E-state index contributed by atoms with van der Waals surface area (Å²) in [5, 5.41) is 2.75. The largest absolute Gasteiger partial charge is 0.446 e. The van der Waals surface area contributed by atoms with Gasteiger partial charge in [0.05, 0.1) is 12.2 Å². The van der Waals surface area contributed by atoms with Gasteiger partial charge in [0.2, 0.25) is 0 Å². The van der Waals surface area contributed by atoms with E-state index < -0.39 is 0 Å². The number of para-hydroxylation sites is 1. The van der Waals surface area contributed by atoms with Gasteiger partial charge in [0.25, 0.3) is 0 Å².